The zero-order valence-corrected chi connectivity index (χ0v) is 13.9. The number of fused-ring (bicyclic) bond motifs is 1. The number of rotatable bonds is 3. The van der Waals surface area contributed by atoms with Gasteiger partial charge in [0.05, 0.1) is 0 Å². The van der Waals surface area contributed by atoms with Gasteiger partial charge in [0.15, 0.2) is 0 Å². The molecule has 2 aromatic rings. The zero-order chi connectivity index (χ0) is 17.1. The van der Waals surface area contributed by atoms with Gasteiger partial charge < -0.3 is 10.6 Å². The van der Waals surface area contributed by atoms with E-state index in [0.717, 1.165) is 29.4 Å². The number of hydrogen-bond acceptors (Lipinski definition) is 3. The maximum Gasteiger partial charge on any atom is 0.259 e. The number of piperidine rings is 1. The van der Waals surface area contributed by atoms with Crippen molar-refractivity contribution < 1.29 is 4.79 Å². The van der Waals surface area contributed by atoms with Crippen LogP contribution in [0.1, 0.15) is 31.7 Å². The molecule has 1 fully saturated rings. The lowest BCUT2D eigenvalue weighted by molar-refractivity contribution is -0.114. The van der Waals surface area contributed by atoms with E-state index in [2.05, 4.69) is 23.1 Å². The fourth-order valence-electron chi connectivity index (χ4n) is 3.28. The maximum atomic E-state index is 11.4. The molecule has 0 spiro atoms. The van der Waals surface area contributed by atoms with Gasteiger partial charge in [-0.1, -0.05) is 18.2 Å². The van der Waals surface area contributed by atoms with Crippen molar-refractivity contribution in [1.82, 2.24) is 0 Å². The standard InChI is InChI=1S/C20H21N3O/c1-14(19(13-21)20(22)24)15-5-6-17-12-18(8-7-16(17)11-15)23-9-3-2-4-10-23/h5-8,11-12H,2-4,9-10H2,1H3,(H2,22,24)/b19-14+. The second kappa shape index (κ2) is 6.76. The highest BCUT2D eigenvalue weighted by Crippen LogP contribution is 2.28. The molecular formula is C20H21N3O. The smallest absolute Gasteiger partial charge is 0.259 e. The second-order valence-electron chi connectivity index (χ2n) is 6.27. The highest BCUT2D eigenvalue weighted by Gasteiger charge is 2.13. The first-order chi connectivity index (χ1) is 11.6. The third-order valence-corrected chi connectivity index (χ3v) is 4.71. The van der Waals surface area contributed by atoms with Gasteiger partial charge in [-0.2, -0.15) is 5.26 Å². The molecule has 0 aliphatic carbocycles. The van der Waals surface area contributed by atoms with E-state index >= 15 is 0 Å². The predicted octanol–water partition coefficient (Wildman–Crippen LogP) is 3.61. The number of allylic oxidation sites excluding steroid dienone is 1. The first-order valence-electron chi connectivity index (χ1n) is 8.30. The molecule has 2 aromatic carbocycles. The number of benzene rings is 2. The van der Waals surface area contributed by atoms with Crippen molar-refractivity contribution in [1.29, 1.82) is 5.26 Å². The van der Waals surface area contributed by atoms with E-state index in [9.17, 15) is 4.79 Å². The summed E-state index contributed by atoms with van der Waals surface area (Å²) in [6.45, 7) is 4.00. The molecule has 2 N–H and O–H groups in total. The van der Waals surface area contributed by atoms with E-state index in [1.54, 1.807) is 6.92 Å². The Bertz CT molecular complexity index is 855. The molecule has 1 saturated heterocycles. The Morgan fingerprint density at radius 1 is 1.08 bits per heavy atom. The highest BCUT2D eigenvalue weighted by molar-refractivity contribution is 6.04. The number of hydrogen-bond donors (Lipinski definition) is 1. The summed E-state index contributed by atoms with van der Waals surface area (Å²) in [6, 6.07) is 14.3. The summed E-state index contributed by atoms with van der Waals surface area (Å²) < 4.78 is 0. The van der Waals surface area contributed by atoms with Gasteiger partial charge in [-0.05, 0) is 66.3 Å². The molecule has 24 heavy (non-hydrogen) atoms. The van der Waals surface area contributed by atoms with Gasteiger partial charge in [0, 0.05) is 18.8 Å². The molecule has 4 heteroatoms. The molecule has 1 heterocycles. The van der Waals surface area contributed by atoms with Crippen molar-refractivity contribution in [2.75, 3.05) is 18.0 Å². The minimum Gasteiger partial charge on any atom is -0.372 e. The number of carbonyl (C=O) groups excluding carboxylic acids is 1. The molecule has 0 unspecified atom stereocenters. The summed E-state index contributed by atoms with van der Waals surface area (Å²) in [4.78, 5) is 13.8. The van der Waals surface area contributed by atoms with Crippen LogP contribution in [0.3, 0.4) is 0 Å². The average Bonchev–Trinajstić information content (AvgIpc) is 2.61. The predicted molar refractivity (Wildman–Crippen MR) is 97.4 cm³/mol. The number of carbonyl (C=O) groups is 1. The molecule has 122 valence electrons. The van der Waals surface area contributed by atoms with Gasteiger partial charge in [0.25, 0.3) is 5.91 Å². The van der Waals surface area contributed by atoms with Gasteiger partial charge >= 0.3 is 0 Å². The van der Waals surface area contributed by atoms with Crippen molar-refractivity contribution in [3.05, 3.63) is 47.5 Å². The second-order valence-corrected chi connectivity index (χ2v) is 6.27. The molecule has 3 rings (SSSR count). The lowest BCUT2D eigenvalue weighted by atomic mass is 9.98. The molecule has 1 aliphatic heterocycles. The van der Waals surface area contributed by atoms with Gasteiger partial charge in [0.2, 0.25) is 0 Å². The Morgan fingerprint density at radius 2 is 1.75 bits per heavy atom. The molecule has 1 amide bonds. The van der Waals surface area contributed by atoms with Crippen LogP contribution in [0.4, 0.5) is 5.69 Å². The summed E-state index contributed by atoms with van der Waals surface area (Å²) in [5, 5.41) is 11.4. The zero-order valence-electron chi connectivity index (χ0n) is 13.9. The van der Waals surface area contributed by atoms with E-state index in [4.69, 9.17) is 11.0 Å². The van der Waals surface area contributed by atoms with Gasteiger partial charge in [-0.25, -0.2) is 0 Å². The number of nitriles is 1. The molecule has 0 aromatic heterocycles. The lowest BCUT2D eigenvalue weighted by Crippen LogP contribution is -2.29. The first kappa shape index (κ1) is 16.1. The van der Waals surface area contributed by atoms with Crippen LogP contribution in [0.5, 0.6) is 0 Å². The first-order valence-corrected chi connectivity index (χ1v) is 8.30. The highest BCUT2D eigenvalue weighted by atomic mass is 16.1. The fraction of sp³-hybridized carbons (Fsp3) is 0.300. The van der Waals surface area contributed by atoms with Crippen molar-refractivity contribution >= 4 is 27.9 Å². The molecule has 0 atom stereocenters. The van der Waals surface area contributed by atoms with Gasteiger partial charge in [0.1, 0.15) is 11.6 Å². The van der Waals surface area contributed by atoms with E-state index in [1.165, 1.54) is 24.9 Å². The van der Waals surface area contributed by atoms with Crippen LogP contribution < -0.4 is 10.6 Å². The van der Waals surface area contributed by atoms with Crippen molar-refractivity contribution in [2.45, 2.75) is 26.2 Å². The Morgan fingerprint density at radius 3 is 2.42 bits per heavy atom. The Hall–Kier alpha value is -2.80. The third-order valence-electron chi connectivity index (χ3n) is 4.71. The van der Waals surface area contributed by atoms with Crippen LogP contribution >= 0.6 is 0 Å². The maximum absolute atomic E-state index is 11.4. The van der Waals surface area contributed by atoms with E-state index in [0.29, 0.717) is 5.57 Å². The van der Waals surface area contributed by atoms with Crippen molar-refractivity contribution in [3.63, 3.8) is 0 Å². The summed E-state index contributed by atoms with van der Waals surface area (Å²) in [5.74, 6) is -0.685. The number of nitrogens with zero attached hydrogens (tertiary/aromatic N) is 2. The normalized spacial score (nSPS) is 15.8. The molecular weight excluding hydrogens is 298 g/mol. The minimum atomic E-state index is -0.685. The fourth-order valence-corrected chi connectivity index (χ4v) is 3.28. The number of anilines is 1. The van der Waals surface area contributed by atoms with E-state index in [-0.39, 0.29) is 5.57 Å². The summed E-state index contributed by atoms with van der Waals surface area (Å²) >= 11 is 0. The van der Waals surface area contributed by atoms with Crippen LogP contribution in [0, 0.1) is 11.3 Å². The Labute approximate surface area is 142 Å². The van der Waals surface area contributed by atoms with Crippen LogP contribution in [-0.4, -0.2) is 19.0 Å². The summed E-state index contributed by atoms with van der Waals surface area (Å²) in [6.07, 6.45) is 3.83. The van der Waals surface area contributed by atoms with Gasteiger partial charge in [-0.15, -0.1) is 0 Å². The third kappa shape index (κ3) is 3.11. The molecule has 0 radical (unpaired) electrons. The topological polar surface area (TPSA) is 70.1 Å². The largest absolute Gasteiger partial charge is 0.372 e. The monoisotopic (exact) mass is 319 g/mol. The molecule has 1 aliphatic rings. The number of nitrogens with two attached hydrogens (primary N) is 1. The van der Waals surface area contributed by atoms with Gasteiger partial charge in [-0.3, -0.25) is 4.79 Å². The molecule has 4 nitrogen and oxygen atoms in total. The van der Waals surface area contributed by atoms with E-state index < -0.39 is 5.91 Å². The number of amides is 1. The molecule has 0 bridgehead atoms. The average molecular weight is 319 g/mol. The Balaban J connectivity index is 1.98. The quantitative estimate of drug-likeness (QED) is 0.694. The number of primary amides is 1. The van der Waals surface area contributed by atoms with Crippen LogP contribution in [0.2, 0.25) is 0 Å². The van der Waals surface area contributed by atoms with Crippen LogP contribution in [0.15, 0.2) is 42.0 Å². The SMILES string of the molecule is C/C(=C(/C#N)C(N)=O)c1ccc2cc(N3CCCCC3)ccc2c1. The Kier molecular flexibility index (Phi) is 4.52. The minimum absolute atomic E-state index is 0.0132. The van der Waals surface area contributed by atoms with Crippen LogP contribution in [0.25, 0.3) is 16.3 Å². The van der Waals surface area contributed by atoms with Crippen molar-refractivity contribution in [2.24, 2.45) is 5.73 Å². The molecule has 0 saturated carbocycles. The van der Waals surface area contributed by atoms with E-state index in [1.807, 2.05) is 24.3 Å². The van der Waals surface area contributed by atoms with Crippen molar-refractivity contribution in [3.8, 4) is 6.07 Å². The van der Waals surface area contributed by atoms with Crippen LogP contribution in [-0.2, 0) is 4.79 Å². The summed E-state index contributed by atoms with van der Waals surface area (Å²) in [5.41, 5.74) is 8.02. The lowest BCUT2D eigenvalue weighted by Gasteiger charge is -2.29. The summed E-state index contributed by atoms with van der Waals surface area (Å²) in [7, 11) is 0.